The highest BCUT2D eigenvalue weighted by Gasteiger charge is 2.68. The number of aromatic nitrogens is 4. The van der Waals surface area contributed by atoms with Crippen LogP contribution in [0.5, 0.6) is 0 Å². The first-order valence-corrected chi connectivity index (χ1v) is 16.9. The number of phosphoric ester groups is 1. The molecule has 2 fully saturated rings. The van der Waals surface area contributed by atoms with Gasteiger partial charge in [0.15, 0.2) is 23.2 Å². The number of allylic oxidation sites excluding steroid dienone is 1. The molecule has 4 unspecified atom stereocenters. The second kappa shape index (κ2) is 12.5. The van der Waals surface area contributed by atoms with Crippen molar-refractivity contribution >= 4 is 46.4 Å². The summed E-state index contributed by atoms with van der Waals surface area (Å²) in [4.78, 5) is 85.1. The van der Waals surface area contributed by atoms with Crippen LogP contribution in [0, 0.1) is 30.3 Å². The van der Waals surface area contributed by atoms with Gasteiger partial charge in [-0.05, 0) is 10.6 Å². The molecule has 2 aromatic heterocycles. The Morgan fingerprint density at radius 1 is 1.08 bits per heavy atom. The third-order valence-corrected chi connectivity index (χ3v) is 10.3. The third-order valence-electron chi connectivity index (χ3n) is 6.56. The molecule has 33 heteroatoms. The lowest BCUT2D eigenvalue weighted by atomic mass is 9.98. The molecule has 0 amide bonds. The molecule has 2 saturated heterocycles. The standard InChI is InChI=1S/C16H16N11O19P3/c17-12-8-13(20-4-19-12)24(15(21-8)22-23-18)14-10-9(7(42-14)3-41-48(37,38)46-49(39,40)45-47(34,35)36)43-16(44-10)2-5(25(28)29)1-6(26(30)31)11(16)27(32)33/h1,4,7,9-10,14H,2-3H2,(H,37,38)(H,39,40)(H2,17,19,20)(H2,34,35,36)/p-1/t7-,9-,10-,14-,16?/m1/s1. The number of hydrogen-bond donors (Lipinski definition) is 4. The molecule has 264 valence electrons. The van der Waals surface area contributed by atoms with Crippen molar-refractivity contribution in [2.75, 3.05) is 12.3 Å². The summed E-state index contributed by atoms with van der Waals surface area (Å²) in [5.41, 5.74) is 10.7. The van der Waals surface area contributed by atoms with Gasteiger partial charge in [0.05, 0.1) is 27.5 Å². The molecule has 4 heterocycles. The van der Waals surface area contributed by atoms with Gasteiger partial charge in [0, 0.05) is 4.91 Å². The topological polar surface area (TPSA) is 438 Å². The van der Waals surface area contributed by atoms with E-state index in [0.717, 1.165) is 10.9 Å². The van der Waals surface area contributed by atoms with Crippen LogP contribution in [0.3, 0.4) is 0 Å². The normalized spacial score (nSPS) is 28.6. The summed E-state index contributed by atoms with van der Waals surface area (Å²) in [5, 5.41) is 39.1. The maximum Gasteiger partial charge on any atom is 0.487 e. The van der Waals surface area contributed by atoms with Crippen molar-refractivity contribution in [1.82, 2.24) is 19.5 Å². The molecule has 1 aliphatic carbocycles. The van der Waals surface area contributed by atoms with Gasteiger partial charge in [-0.3, -0.25) is 44.0 Å². The van der Waals surface area contributed by atoms with E-state index in [0.29, 0.717) is 6.08 Å². The zero-order valence-corrected chi connectivity index (χ0v) is 25.8. The van der Waals surface area contributed by atoms with Crippen molar-refractivity contribution in [3.63, 3.8) is 0 Å². The van der Waals surface area contributed by atoms with Crippen LogP contribution >= 0.6 is 23.5 Å². The SMILES string of the molecule is [N-]=[N+]=Nc1nc2c(N)ncnc2n1[C@@H]1O[C@H](COP(=O)(O)OP(=O)(O)OP(=O)([O-])O)[C@H]2OC3(CC([N+](=O)[O-])=CC([N+](=O)[O-])=C3[N+](=O)[O-])O[C@H]21. The largest absolute Gasteiger partial charge is 0.756 e. The first-order chi connectivity index (χ1) is 22.7. The number of imidazole rings is 1. The van der Waals surface area contributed by atoms with E-state index >= 15 is 0 Å². The Morgan fingerprint density at radius 3 is 2.35 bits per heavy atom. The van der Waals surface area contributed by atoms with Gasteiger partial charge in [-0.25, -0.2) is 28.4 Å². The van der Waals surface area contributed by atoms with Gasteiger partial charge >= 0.3 is 27.0 Å². The average molecular weight is 758 g/mol. The zero-order valence-electron chi connectivity index (χ0n) is 23.1. The molecule has 8 atom stereocenters. The minimum absolute atomic E-state index is 0.206. The van der Waals surface area contributed by atoms with Crippen molar-refractivity contribution < 1.29 is 75.4 Å². The second-order valence-electron chi connectivity index (χ2n) is 9.57. The number of fused-ring (bicyclic) bond motifs is 2. The molecule has 0 aromatic carbocycles. The van der Waals surface area contributed by atoms with Gasteiger partial charge in [-0.15, -0.1) is 0 Å². The Labute approximate surface area is 266 Å². The van der Waals surface area contributed by atoms with Crippen molar-refractivity contribution in [2.45, 2.75) is 36.7 Å². The maximum absolute atomic E-state index is 12.4. The molecule has 5 rings (SSSR count). The molecule has 49 heavy (non-hydrogen) atoms. The summed E-state index contributed by atoms with van der Waals surface area (Å²) in [6.07, 6.45) is -7.18. The summed E-state index contributed by atoms with van der Waals surface area (Å²) in [6.45, 7) is -1.29. The second-order valence-corrected chi connectivity index (χ2v) is 13.9. The number of hydrogen-bond acceptors (Lipinski definition) is 21. The molecule has 0 saturated carbocycles. The monoisotopic (exact) mass is 758 g/mol. The van der Waals surface area contributed by atoms with E-state index in [4.69, 9.17) is 30.4 Å². The highest BCUT2D eigenvalue weighted by molar-refractivity contribution is 7.66. The Morgan fingerprint density at radius 2 is 1.76 bits per heavy atom. The van der Waals surface area contributed by atoms with Gasteiger partial charge < -0.3 is 39.5 Å². The predicted molar refractivity (Wildman–Crippen MR) is 143 cm³/mol. The Hall–Kier alpha value is -4.37. The lowest BCUT2D eigenvalue weighted by Crippen LogP contribution is -2.44. The number of nitrogens with two attached hydrogens (primary N) is 1. The summed E-state index contributed by atoms with van der Waals surface area (Å²) < 4.78 is 65.0. The van der Waals surface area contributed by atoms with Crippen LogP contribution in [0.25, 0.3) is 21.6 Å². The molecule has 2 aromatic rings. The van der Waals surface area contributed by atoms with Crippen molar-refractivity contribution in [2.24, 2.45) is 5.11 Å². The fraction of sp³-hybridized carbons (Fsp3) is 0.438. The molecule has 30 nitrogen and oxygen atoms in total. The van der Waals surface area contributed by atoms with Crippen molar-refractivity contribution in [3.8, 4) is 0 Å². The zero-order chi connectivity index (χ0) is 36.3. The van der Waals surface area contributed by atoms with E-state index in [9.17, 15) is 58.7 Å². The summed E-state index contributed by atoms with van der Waals surface area (Å²) in [7, 11) is -17.9. The van der Waals surface area contributed by atoms with Gasteiger partial charge in [0.2, 0.25) is 5.95 Å². The lowest BCUT2D eigenvalue weighted by Gasteiger charge is -2.29. The quantitative estimate of drug-likeness (QED) is 0.0542. The molecule has 2 aliphatic heterocycles. The minimum atomic E-state index is -6.06. The number of nitro groups is 3. The van der Waals surface area contributed by atoms with Crippen LogP contribution in [0.1, 0.15) is 12.6 Å². The van der Waals surface area contributed by atoms with Crippen LogP contribution in [0.4, 0.5) is 11.8 Å². The minimum Gasteiger partial charge on any atom is -0.756 e. The van der Waals surface area contributed by atoms with Crippen LogP contribution in [-0.4, -0.2) is 79.7 Å². The number of nitrogen functional groups attached to an aromatic ring is 1. The Kier molecular flexibility index (Phi) is 9.17. The van der Waals surface area contributed by atoms with E-state index in [2.05, 4.69) is 38.1 Å². The summed E-state index contributed by atoms with van der Waals surface area (Å²) in [6, 6.07) is 0. The number of ether oxygens (including phenoxy) is 3. The van der Waals surface area contributed by atoms with Gasteiger partial charge in [0.25, 0.3) is 19.3 Å². The molecule has 5 N–H and O–H groups in total. The molecule has 1 spiro atoms. The Balaban J connectivity index is 1.60. The molecule has 3 aliphatic rings. The van der Waals surface area contributed by atoms with E-state index in [1.54, 1.807) is 0 Å². The van der Waals surface area contributed by atoms with Gasteiger partial charge in [0.1, 0.15) is 31.1 Å². The van der Waals surface area contributed by atoms with Crippen LogP contribution in [0.15, 0.2) is 34.6 Å². The van der Waals surface area contributed by atoms with Crippen LogP contribution in [-0.2, 0) is 41.1 Å². The van der Waals surface area contributed by atoms with E-state index in [1.807, 2.05) is 0 Å². The first-order valence-electron chi connectivity index (χ1n) is 12.4. The number of azide groups is 1. The number of nitrogens with zero attached hydrogens (tertiary/aromatic N) is 10. The third kappa shape index (κ3) is 7.04. The van der Waals surface area contributed by atoms with Crippen LogP contribution < -0.4 is 10.6 Å². The first kappa shape index (κ1) is 35.9. The predicted octanol–water partition coefficient (Wildman–Crippen LogP) is -0.231. The van der Waals surface area contributed by atoms with Crippen LogP contribution in [0.2, 0.25) is 0 Å². The van der Waals surface area contributed by atoms with E-state index in [1.165, 1.54) is 0 Å². The van der Waals surface area contributed by atoms with Crippen molar-refractivity contribution in [3.05, 3.63) is 70.3 Å². The lowest BCUT2D eigenvalue weighted by molar-refractivity contribution is -0.502. The van der Waals surface area contributed by atoms with Gasteiger partial charge in [-0.1, -0.05) is 0 Å². The highest BCUT2D eigenvalue weighted by Crippen LogP contribution is 2.65. The maximum atomic E-state index is 12.4. The van der Waals surface area contributed by atoms with E-state index in [-0.39, 0.29) is 17.0 Å². The molecular weight excluding hydrogens is 743 g/mol. The number of phosphoric acid groups is 3. The fourth-order valence-corrected chi connectivity index (χ4v) is 7.99. The highest BCUT2D eigenvalue weighted by atomic mass is 31.3. The summed E-state index contributed by atoms with van der Waals surface area (Å²) >= 11 is 0. The fourth-order valence-electron chi connectivity index (χ4n) is 4.99. The number of rotatable bonds is 12. The Bertz CT molecular complexity index is 2040. The molecule has 0 bridgehead atoms. The van der Waals surface area contributed by atoms with Gasteiger partial charge in [-0.2, -0.15) is 4.31 Å². The smallest absolute Gasteiger partial charge is 0.487 e. The molecular formula is C16H15N11O19P3-. The number of anilines is 1. The average Bonchev–Trinajstić information content (AvgIpc) is 3.59. The van der Waals surface area contributed by atoms with E-state index < -0.39 is 105 Å². The molecule has 0 radical (unpaired) electrons. The summed E-state index contributed by atoms with van der Waals surface area (Å²) in [5.74, 6) is -3.79. The van der Waals surface area contributed by atoms with Crippen molar-refractivity contribution in [1.29, 1.82) is 0 Å².